The van der Waals surface area contributed by atoms with Crippen LogP contribution in [-0.4, -0.2) is 37.4 Å². The molecule has 0 amide bonds. The van der Waals surface area contributed by atoms with Crippen molar-refractivity contribution in [3.63, 3.8) is 0 Å². The fourth-order valence-corrected chi connectivity index (χ4v) is 8.63. The molecule has 0 unspecified atom stereocenters. The number of ether oxygens (including phenoxy) is 2. The van der Waals surface area contributed by atoms with Gasteiger partial charge < -0.3 is 18.5 Å². The smallest absolute Gasteiger partial charge is 0.339 e. The van der Waals surface area contributed by atoms with Crippen LogP contribution in [0, 0.1) is 0 Å². The highest BCUT2D eigenvalue weighted by atomic mass is 31.2. The standard InChI is InChI=1S/C32H32O8P2/c1-3-37-31(33)29(39-41(35,25-17-9-5-10-18-25)26-19-11-6-12-20-26)30(32(34)38-4-2)40-42(36,27-21-13-7-14-22-27)28-23-15-8-16-24-28/h5-24,29-30H,3-4H2,1-2H3/t29-,30-/m1/s1. The van der Waals surface area contributed by atoms with E-state index in [0.29, 0.717) is 0 Å². The zero-order valence-corrected chi connectivity index (χ0v) is 25.1. The first kappa shape index (κ1) is 31.1. The normalized spacial score (nSPS) is 13.1. The van der Waals surface area contributed by atoms with Gasteiger partial charge in [-0.05, 0) is 62.4 Å². The second-order valence-corrected chi connectivity index (χ2v) is 13.7. The second kappa shape index (κ2) is 14.4. The summed E-state index contributed by atoms with van der Waals surface area (Å²) in [5.74, 6) is -2.04. The van der Waals surface area contributed by atoms with E-state index in [-0.39, 0.29) is 34.4 Å². The van der Waals surface area contributed by atoms with Crippen LogP contribution in [0.3, 0.4) is 0 Å². The van der Waals surface area contributed by atoms with Crippen molar-refractivity contribution in [1.29, 1.82) is 0 Å². The third-order valence-electron chi connectivity index (χ3n) is 6.22. The Kier molecular flexibility index (Phi) is 10.7. The molecule has 42 heavy (non-hydrogen) atoms. The molecule has 10 heteroatoms. The maximum Gasteiger partial charge on any atom is 0.339 e. The first-order valence-electron chi connectivity index (χ1n) is 13.5. The van der Waals surface area contributed by atoms with Crippen LogP contribution in [0.5, 0.6) is 0 Å². The zero-order chi connectivity index (χ0) is 30.0. The largest absolute Gasteiger partial charge is 0.464 e. The Hall–Kier alpha value is -3.80. The van der Waals surface area contributed by atoms with E-state index >= 15 is 0 Å². The van der Waals surface area contributed by atoms with Gasteiger partial charge in [0.05, 0.1) is 13.2 Å². The van der Waals surface area contributed by atoms with Crippen molar-refractivity contribution in [1.82, 2.24) is 0 Å². The van der Waals surface area contributed by atoms with E-state index in [9.17, 15) is 18.7 Å². The summed E-state index contributed by atoms with van der Waals surface area (Å²) in [5, 5.41) is 1.12. The topological polar surface area (TPSA) is 105 Å². The van der Waals surface area contributed by atoms with Crippen LogP contribution in [0.25, 0.3) is 0 Å². The van der Waals surface area contributed by atoms with E-state index in [0.717, 1.165) is 0 Å². The molecule has 0 saturated carbocycles. The van der Waals surface area contributed by atoms with Gasteiger partial charge >= 0.3 is 11.9 Å². The maximum absolute atomic E-state index is 14.8. The fraction of sp³-hybridized carbons (Fsp3) is 0.188. The Labute approximate surface area is 245 Å². The van der Waals surface area contributed by atoms with Crippen LogP contribution >= 0.6 is 14.7 Å². The minimum Gasteiger partial charge on any atom is -0.464 e. The van der Waals surface area contributed by atoms with Crippen molar-refractivity contribution in [2.45, 2.75) is 26.1 Å². The summed E-state index contributed by atoms with van der Waals surface area (Å²) in [7, 11) is -8.12. The van der Waals surface area contributed by atoms with Gasteiger partial charge in [-0.2, -0.15) is 0 Å². The predicted octanol–water partition coefficient (Wildman–Crippen LogP) is 4.74. The minimum atomic E-state index is -4.06. The van der Waals surface area contributed by atoms with Gasteiger partial charge in [-0.15, -0.1) is 0 Å². The van der Waals surface area contributed by atoms with Gasteiger partial charge in [-0.25, -0.2) is 9.59 Å². The van der Waals surface area contributed by atoms with Crippen molar-refractivity contribution in [2.24, 2.45) is 0 Å². The van der Waals surface area contributed by atoms with Gasteiger partial charge in [0.25, 0.3) is 14.7 Å². The van der Waals surface area contributed by atoms with Crippen molar-refractivity contribution in [3.8, 4) is 0 Å². The SMILES string of the molecule is CCOC(=O)[C@H](OP(=O)(c1ccccc1)c1ccccc1)[C@@H](OP(=O)(c1ccccc1)c1ccccc1)C(=O)OCC. The molecule has 218 valence electrons. The first-order valence-corrected chi connectivity index (χ1v) is 16.7. The molecule has 0 saturated heterocycles. The number of hydrogen-bond acceptors (Lipinski definition) is 8. The minimum absolute atomic E-state index is 0.0652. The maximum atomic E-state index is 14.8. The highest BCUT2D eigenvalue weighted by Gasteiger charge is 2.48. The van der Waals surface area contributed by atoms with Gasteiger partial charge in [0.1, 0.15) is 0 Å². The molecule has 0 aromatic heterocycles. The molecule has 0 heterocycles. The van der Waals surface area contributed by atoms with Crippen LogP contribution in [-0.2, 0) is 37.2 Å². The molecule has 0 spiro atoms. The van der Waals surface area contributed by atoms with Gasteiger partial charge in [0.15, 0.2) is 12.2 Å². The number of rotatable bonds is 13. The molecule has 4 aromatic carbocycles. The molecular weight excluding hydrogens is 574 g/mol. The highest BCUT2D eigenvalue weighted by Crippen LogP contribution is 2.50. The quantitative estimate of drug-likeness (QED) is 0.159. The van der Waals surface area contributed by atoms with Crippen LogP contribution in [0.2, 0.25) is 0 Å². The van der Waals surface area contributed by atoms with Crippen LogP contribution < -0.4 is 21.2 Å². The lowest BCUT2D eigenvalue weighted by Crippen LogP contribution is -2.46. The van der Waals surface area contributed by atoms with Crippen LogP contribution in [0.1, 0.15) is 13.8 Å². The number of carbonyl (C=O) groups excluding carboxylic acids is 2. The third kappa shape index (κ3) is 6.97. The van der Waals surface area contributed by atoms with Gasteiger partial charge in [-0.1, -0.05) is 72.8 Å². The van der Waals surface area contributed by atoms with Crippen molar-refractivity contribution < 1.29 is 37.2 Å². The Morgan fingerprint density at radius 2 is 0.738 bits per heavy atom. The summed E-state index contributed by atoms with van der Waals surface area (Å²) < 4.78 is 52.6. The number of esters is 2. The number of hydrogen-bond donors (Lipinski definition) is 0. The van der Waals surface area contributed by atoms with E-state index < -0.39 is 38.9 Å². The molecule has 2 atom stereocenters. The van der Waals surface area contributed by atoms with E-state index in [1.807, 2.05) is 0 Å². The monoisotopic (exact) mass is 606 g/mol. The number of benzene rings is 4. The molecule has 0 aliphatic carbocycles. The predicted molar refractivity (Wildman–Crippen MR) is 163 cm³/mol. The van der Waals surface area contributed by atoms with Crippen molar-refractivity contribution in [3.05, 3.63) is 121 Å². The molecular formula is C32H32O8P2. The van der Waals surface area contributed by atoms with E-state index in [1.165, 1.54) is 0 Å². The first-order chi connectivity index (χ1) is 20.3. The fourth-order valence-electron chi connectivity index (χ4n) is 4.25. The zero-order valence-electron chi connectivity index (χ0n) is 23.3. The lowest BCUT2D eigenvalue weighted by molar-refractivity contribution is -0.168. The van der Waals surface area contributed by atoms with Crippen LogP contribution in [0.15, 0.2) is 121 Å². The summed E-state index contributed by atoms with van der Waals surface area (Å²) in [4.78, 5) is 27.1. The summed E-state index contributed by atoms with van der Waals surface area (Å²) >= 11 is 0. The van der Waals surface area contributed by atoms with Gasteiger partial charge in [0, 0.05) is 21.2 Å². The molecule has 8 nitrogen and oxygen atoms in total. The summed E-state index contributed by atoms with van der Waals surface area (Å²) in [6.45, 7) is 3.04. The lowest BCUT2D eigenvalue weighted by atomic mass is 10.2. The Balaban J connectivity index is 1.89. The number of carbonyl (C=O) groups is 2. The third-order valence-corrected chi connectivity index (χ3v) is 11.2. The van der Waals surface area contributed by atoms with E-state index in [2.05, 4.69) is 0 Å². The molecule has 4 aromatic rings. The van der Waals surface area contributed by atoms with E-state index in [4.69, 9.17) is 18.5 Å². The molecule has 0 N–H and O–H groups in total. The average Bonchev–Trinajstić information content (AvgIpc) is 3.04. The van der Waals surface area contributed by atoms with Gasteiger partial charge in [-0.3, -0.25) is 9.13 Å². The van der Waals surface area contributed by atoms with Crippen LogP contribution in [0.4, 0.5) is 0 Å². The lowest BCUT2D eigenvalue weighted by Gasteiger charge is -2.31. The van der Waals surface area contributed by atoms with Gasteiger partial charge in [0.2, 0.25) is 0 Å². The highest BCUT2D eigenvalue weighted by molar-refractivity contribution is 7.74. The molecule has 0 bridgehead atoms. The Morgan fingerprint density at radius 3 is 0.952 bits per heavy atom. The van der Waals surface area contributed by atoms with E-state index in [1.54, 1.807) is 135 Å². The summed E-state index contributed by atoms with van der Waals surface area (Å²) in [6.07, 6.45) is -3.81. The summed E-state index contributed by atoms with van der Waals surface area (Å²) in [5.41, 5.74) is 0. The molecule has 0 aliphatic rings. The molecule has 0 fully saturated rings. The molecule has 0 radical (unpaired) electrons. The van der Waals surface area contributed by atoms with Crippen molar-refractivity contribution in [2.75, 3.05) is 13.2 Å². The second-order valence-electron chi connectivity index (χ2n) is 9.00. The Morgan fingerprint density at radius 1 is 0.500 bits per heavy atom. The average molecular weight is 607 g/mol. The molecule has 4 rings (SSSR count). The van der Waals surface area contributed by atoms with Crippen molar-refractivity contribution >= 4 is 47.9 Å². The molecule has 0 aliphatic heterocycles. The summed E-state index contributed by atoms with van der Waals surface area (Å²) in [6, 6.07) is 33.4. The Bertz CT molecular complexity index is 1340.